The van der Waals surface area contributed by atoms with Crippen LogP contribution in [0.2, 0.25) is 0 Å². The molecule has 1 N–H and O–H groups in total. The van der Waals surface area contributed by atoms with E-state index < -0.39 is 42.7 Å². The molecular weight excluding hydrogens is 359 g/mol. The van der Waals surface area contributed by atoms with Crippen LogP contribution in [0.4, 0.5) is 4.39 Å². The zero-order valence-electron chi connectivity index (χ0n) is 13.7. The van der Waals surface area contributed by atoms with Gasteiger partial charge in [-0.05, 0) is 24.6 Å². The van der Waals surface area contributed by atoms with Gasteiger partial charge in [0.1, 0.15) is 10.7 Å². The van der Waals surface area contributed by atoms with Crippen LogP contribution in [0.15, 0.2) is 23.1 Å². The Bertz CT molecular complexity index is 808. The predicted octanol–water partition coefficient (Wildman–Crippen LogP) is 0.319. The van der Waals surface area contributed by atoms with Gasteiger partial charge in [-0.2, -0.15) is 0 Å². The highest BCUT2D eigenvalue weighted by Crippen LogP contribution is 2.21. The number of benzene rings is 1. The van der Waals surface area contributed by atoms with Crippen molar-refractivity contribution in [3.8, 4) is 0 Å². The van der Waals surface area contributed by atoms with Crippen LogP contribution in [0.5, 0.6) is 0 Å². The maximum atomic E-state index is 13.9. The molecule has 1 heterocycles. The molecule has 10 heteroatoms. The number of nitrogens with zero attached hydrogens (tertiary/aromatic N) is 1. The van der Waals surface area contributed by atoms with Gasteiger partial charge in [0.2, 0.25) is 20.0 Å². The second kappa shape index (κ2) is 7.04. The molecule has 136 valence electrons. The van der Waals surface area contributed by atoms with Gasteiger partial charge < -0.3 is 4.74 Å². The highest BCUT2D eigenvalue weighted by Gasteiger charge is 2.36. The lowest BCUT2D eigenvalue weighted by atomic mass is 10.1. The quantitative estimate of drug-likeness (QED) is 0.767. The lowest BCUT2D eigenvalue weighted by Gasteiger charge is -2.21. The summed E-state index contributed by atoms with van der Waals surface area (Å²) in [6.07, 6.45) is 0. The average Bonchev–Trinajstić information content (AvgIpc) is 2.83. The summed E-state index contributed by atoms with van der Waals surface area (Å²) in [5.74, 6) is -1.64. The third-order valence-electron chi connectivity index (χ3n) is 3.86. The molecule has 0 saturated carbocycles. The number of sulfonamides is 2. The first kappa shape index (κ1) is 19.3. The second-order valence-electron chi connectivity index (χ2n) is 6.02. The van der Waals surface area contributed by atoms with Crippen LogP contribution < -0.4 is 4.72 Å². The minimum Gasteiger partial charge on any atom is -0.379 e. The molecular formula is C14H21FN2O5S2. The third kappa shape index (κ3) is 4.31. The summed E-state index contributed by atoms with van der Waals surface area (Å²) >= 11 is 0. The van der Waals surface area contributed by atoms with Crippen molar-refractivity contribution >= 4 is 20.0 Å². The molecule has 0 bridgehead atoms. The molecule has 0 spiro atoms. The molecule has 2 atom stereocenters. The van der Waals surface area contributed by atoms with E-state index in [1.165, 1.54) is 26.2 Å². The Balaban J connectivity index is 2.19. The molecule has 1 aliphatic rings. The van der Waals surface area contributed by atoms with Gasteiger partial charge in [0.15, 0.2) is 0 Å². The van der Waals surface area contributed by atoms with Gasteiger partial charge >= 0.3 is 0 Å². The first-order valence-electron chi connectivity index (χ1n) is 7.29. The number of ether oxygens (including phenoxy) is 1. The molecule has 0 unspecified atom stereocenters. The Hall–Kier alpha value is -1.07. The van der Waals surface area contributed by atoms with Crippen LogP contribution in [-0.2, 0) is 24.8 Å². The molecule has 1 saturated heterocycles. The zero-order chi connectivity index (χ0) is 18.1. The highest BCUT2D eigenvalue weighted by atomic mass is 32.2. The monoisotopic (exact) mass is 380 g/mol. The van der Waals surface area contributed by atoms with E-state index in [1.54, 1.807) is 6.92 Å². The van der Waals surface area contributed by atoms with Crippen molar-refractivity contribution in [3.63, 3.8) is 0 Å². The van der Waals surface area contributed by atoms with Crippen LogP contribution in [0.3, 0.4) is 0 Å². The lowest BCUT2D eigenvalue weighted by Crippen LogP contribution is -2.43. The maximum absolute atomic E-state index is 13.9. The molecule has 1 fully saturated rings. The fourth-order valence-electron chi connectivity index (χ4n) is 2.40. The highest BCUT2D eigenvalue weighted by molar-refractivity contribution is 7.89. The molecule has 0 aromatic heterocycles. The summed E-state index contributed by atoms with van der Waals surface area (Å²) in [6, 6.07) is 3.09. The van der Waals surface area contributed by atoms with Crippen LogP contribution in [-0.4, -0.2) is 60.2 Å². The van der Waals surface area contributed by atoms with Crippen LogP contribution in [0, 0.1) is 18.7 Å². The molecule has 7 nitrogen and oxygen atoms in total. The van der Waals surface area contributed by atoms with Crippen molar-refractivity contribution < 1.29 is 26.0 Å². The normalized spacial score (nSPS) is 22.2. The molecule has 1 aromatic carbocycles. The number of halogens is 1. The summed E-state index contributed by atoms with van der Waals surface area (Å²) in [5.41, 5.74) is 0.602. The number of hydrogen-bond acceptors (Lipinski definition) is 5. The summed E-state index contributed by atoms with van der Waals surface area (Å²) in [7, 11) is -4.80. The third-order valence-corrected chi connectivity index (χ3v) is 7.35. The van der Waals surface area contributed by atoms with E-state index in [1.807, 2.05) is 0 Å². The topological polar surface area (TPSA) is 92.8 Å². The second-order valence-corrected chi connectivity index (χ2v) is 9.93. The Morgan fingerprint density at radius 3 is 2.50 bits per heavy atom. The molecule has 0 aliphatic carbocycles. The number of nitrogens with one attached hydrogen (secondary N) is 1. The van der Waals surface area contributed by atoms with E-state index in [0.29, 0.717) is 5.56 Å². The van der Waals surface area contributed by atoms with Crippen molar-refractivity contribution in [3.05, 3.63) is 29.6 Å². The van der Waals surface area contributed by atoms with Gasteiger partial charge in [0.25, 0.3) is 0 Å². The fourth-order valence-corrected chi connectivity index (χ4v) is 4.92. The predicted molar refractivity (Wildman–Crippen MR) is 87.0 cm³/mol. The molecule has 1 aromatic rings. The van der Waals surface area contributed by atoms with Gasteiger partial charge in [-0.25, -0.2) is 30.3 Å². The van der Waals surface area contributed by atoms with Crippen molar-refractivity contribution in [2.24, 2.45) is 5.92 Å². The number of rotatable bonds is 6. The van der Waals surface area contributed by atoms with E-state index in [4.69, 9.17) is 4.74 Å². The summed E-state index contributed by atoms with van der Waals surface area (Å²) in [6.45, 7) is 1.82. The van der Waals surface area contributed by atoms with E-state index in [0.717, 1.165) is 10.4 Å². The van der Waals surface area contributed by atoms with Gasteiger partial charge in [0.05, 0.1) is 25.0 Å². The standard InChI is InChI=1S/C14H21FN2O5S2/c1-10-4-5-14(12(15)6-10)24(20,21)16-13-8-22-7-11(13)9-23(18,19)17(2)3/h4-6,11,13,16H,7-9H2,1-3H3/t11-,13+/m0/s1. The van der Waals surface area contributed by atoms with Crippen molar-refractivity contribution in [1.82, 2.24) is 9.03 Å². The molecule has 2 rings (SSSR count). The fraction of sp³-hybridized carbons (Fsp3) is 0.571. The van der Waals surface area contributed by atoms with Crippen molar-refractivity contribution in [1.29, 1.82) is 0 Å². The van der Waals surface area contributed by atoms with Crippen LogP contribution in [0.1, 0.15) is 5.56 Å². The van der Waals surface area contributed by atoms with Gasteiger partial charge in [-0.1, -0.05) is 6.07 Å². The summed E-state index contributed by atoms with van der Waals surface area (Å²) in [5, 5.41) is 0. The van der Waals surface area contributed by atoms with E-state index >= 15 is 0 Å². The summed E-state index contributed by atoms with van der Waals surface area (Å²) < 4.78 is 71.4. The lowest BCUT2D eigenvalue weighted by molar-refractivity contribution is 0.185. The SMILES string of the molecule is Cc1ccc(S(=O)(=O)N[C@@H]2COC[C@H]2CS(=O)(=O)N(C)C)c(F)c1. The number of hydrogen-bond donors (Lipinski definition) is 1. The first-order chi connectivity index (χ1) is 11.0. The Labute approximate surface area is 141 Å². The molecule has 1 aliphatic heterocycles. The van der Waals surface area contributed by atoms with Crippen molar-refractivity contribution in [2.75, 3.05) is 33.1 Å². The average molecular weight is 380 g/mol. The van der Waals surface area contributed by atoms with Gasteiger partial charge in [-0.3, -0.25) is 0 Å². The van der Waals surface area contributed by atoms with Gasteiger partial charge in [-0.15, -0.1) is 0 Å². The van der Waals surface area contributed by atoms with E-state index in [2.05, 4.69) is 4.72 Å². The Morgan fingerprint density at radius 2 is 1.92 bits per heavy atom. The maximum Gasteiger partial charge on any atom is 0.243 e. The van der Waals surface area contributed by atoms with Crippen molar-refractivity contribution in [2.45, 2.75) is 17.9 Å². The largest absolute Gasteiger partial charge is 0.379 e. The Kier molecular flexibility index (Phi) is 5.65. The minimum absolute atomic E-state index is 0.0420. The smallest absolute Gasteiger partial charge is 0.243 e. The Morgan fingerprint density at radius 1 is 1.25 bits per heavy atom. The first-order valence-corrected chi connectivity index (χ1v) is 10.4. The zero-order valence-corrected chi connectivity index (χ0v) is 15.3. The minimum atomic E-state index is -4.11. The van der Waals surface area contributed by atoms with Crippen LogP contribution in [0.25, 0.3) is 0 Å². The molecule has 0 radical (unpaired) electrons. The van der Waals surface area contributed by atoms with Crippen LogP contribution >= 0.6 is 0 Å². The van der Waals surface area contributed by atoms with Gasteiger partial charge in [0, 0.05) is 20.0 Å². The van der Waals surface area contributed by atoms with E-state index in [-0.39, 0.29) is 19.0 Å². The van der Waals surface area contributed by atoms with E-state index in [9.17, 15) is 21.2 Å². The molecule has 24 heavy (non-hydrogen) atoms. The summed E-state index contributed by atoms with van der Waals surface area (Å²) in [4.78, 5) is -0.464. The number of aryl methyl sites for hydroxylation is 1. The molecule has 0 amide bonds.